The zero-order valence-corrected chi connectivity index (χ0v) is 18.9. The summed E-state index contributed by atoms with van der Waals surface area (Å²) in [5, 5.41) is 4.22. The number of nitrogens with zero attached hydrogens (tertiary/aromatic N) is 6. The topological polar surface area (TPSA) is 83.2 Å². The van der Waals surface area contributed by atoms with Gasteiger partial charge in [-0.25, -0.2) is 18.3 Å². The summed E-state index contributed by atoms with van der Waals surface area (Å²) in [4.78, 5) is 43.0. The van der Waals surface area contributed by atoms with E-state index in [0.717, 1.165) is 5.69 Å². The monoisotopic (exact) mass is 470 g/mol. The van der Waals surface area contributed by atoms with Crippen molar-refractivity contribution in [3.63, 3.8) is 0 Å². The van der Waals surface area contributed by atoms with Crippen LogP contribution in [-0.4, -0.2) is 63.0 Å². The van der Waals surface area contributed by atoms with Gasteiger partial charge in [-0.2, -0.15) is 5.10 Å². The number of hydrogen-bond acceptors (Lipinski definition) is 5. The van der Waals surface area contributed by atoms with Crippen LogP contribution >= 0.6 is 0 Å². The van der Waals surface area contributed by atoms with E-state index in [1.54, 1.807) is 48.5 Å². The quantitative estimate of drug-likeness (QED) is 0.587. The largest absolute Gasteiger partial charge is 0.350 e. The summed E-state index contributed by atoms with van der Waals surface area (Å²) >= 11 is 0. The highest BCUT2D eigenvalue weighted by Gasteiger charge is 2.36. The molecule has 9 nitrogen and oxygen atoms in total. The lowest BCUT2D eigenvalue weighted by Crippen LogP contribution is -2.44. The molecule has 0 spiro atoms. The van der Waals surface area contributed by atoms with Crippen molar-refractivity contribution < 1.29 is 18.4 Å². The van der Waals surface area contributed by atoms with E-state index in [2.05, 4.69) is 5.10 Å². The van der Waals surface area contributed by atoms with Crippen molar-refractivity contribution >= 4 is 34.5 Å². The maximum absolute atomic E-state index is 13.5. The third kappa shape index (κ3) is 3.61. The van der Waals surface area contributed by atoms with Crippen molar-refractivity contribution in [3.8, 4) is 0 Å². The van der Waals surface area contributed by atoms with Gasteiger partial charge < -0.3 is 14.7 Å². The Hall–Kier alpha value is -3.76. The number of aryl methyl sites for hydroxylation is 1. The van der Waals surface area contributed by atoms with Gasteiger partial charge in [-0.05, 0) is 31.2 Å². The zero-order valence-electron chi connectivity index (χ0n) is 18.9. The molecule has 0 N–H and O–H groups in total. The molecule has 0 aliphatic carbocycles. The molecule has 11 heteroatoms. The van der Waals surface area contributed by atoms with Gasteiger partial charge in [-0.3, -0.25) is 14.0 Å². The highest BCUT2D eigenvalue weighted by Crippen LogP contribution is 2.39. The third-order valence-electron chi connectivity index (χ3n) is 6.46. The lowest BCUT2D eigenvalue weighted by atomic mass is 10.0. The average Bonchev–Trinajstić information content (AvgIpc) is 3.10. The maximum Gasteiger partial charge on any atom is 0.350 e. The van der Waals surface area contributed by atoms with Crippen LogP contribution in [0.5, 0.6) is 0 Å². The summed E-state index contributed by atoms with van der Waals surface area (Å²) < 4.78 is 29.7. The Kier molecular flexibility index (Phi) is 5.14. The van der Waals surface area contributed by atoms with Gasteiger partial charge >= 0.3 is 5.69 Å². The van der Waals surface area contributed by atoms with Crippen LogP contribution in [0.1, 0.15) is 30.1 Å². The van der Waals surface area contributed by atoms with Gasteiger partial charge in [0.1, 0.15) is 6.54 Å². The first-order chi connectivity index (χ1) is 16.2. The highest BCUT2D eigenvalue weighted by molar-refractivity contribution is 6.07. The van der Waals surface area contributed by atoms with E-state index in [4.69, 9.17) is 0 Å². The van der Waals surface area contributed by atoms with Gasteiger partial charge in [0.15, 0.2) is 5.65 Å². The molecule has 3 aromatic rings. The first-order valence-electron chi connectivity index (χ1n) is 11.1. The predicted molar refractivity (Wildman–Crippen MR) is 122 cm³/mol. The van der Waals surface area contributed by atoms with Crippen LogP contribution in [0.3, 0.4) is 0 Å². The Morgan fingerprint density at radius 2 is 1.82 bits per heavy atom. The van der Waals surface area contributed by atoms with Gasteiger partial charge in [0.05, 0.1) is 11.4 Å². The van der Waals surface area contributed by atoms with E-state index < -0.39 is 5.92 Å². The number of piperidine rings is 1. The van der Waals surface area contributed by atoms with E-state index in [1.165, 1.54) is 14.0 Å². The van der Waals surface area contributed by atoms with Gasteiger partial charge in [-0.15, -0.1) is 0 Å². The summed E-state index contributed by atoms with van der Waals surface area (Å²) in [5.74, 6) is -3.21. The molecule has 34 heavy (non-hydrogen) atoms. The van der Waals surface area contributed by atoms with Crippen molar-refractivity contribution in [3.05, 3.63) is 52.6 Å². The Morgan fingerprint density at radius 1 is 1.09 bits per heavy atom. The molecule has 0 atom stereocenters. The van der Waals surface area contributed by atoms with Crippen molar-refractivity contribution in [2.24, 2.45) is 7.05 Å². The molecule has 4 heterocycles. The molecular formula is C23H24F2N6O3. The summed E-state index contributed by atoms with van der Waals surface area (Å²) in [6.07, 6.45) is 0.909. The number of rotatable bonds is 3. The first-order valence-corrected chi connectivity index (χ1v) is 11.1. The molecule has 1 aromatic carbocycles. The Balaban J connectivity index is 1.52. The van der Waals surface area contributed by atoms with Crippen LogP contribution in [0.15, 0.2) is 41.3 Å². The minimum atomic E-state index is -2.74. The fourth-order valence-corrected chi connectivity index (χ4v) is 4.57. The Labute approximate surface area is 193 Å². The molecular weight excluding hydrogens is 446 g/mol. The van der Waals surface area contributed by atoms with Crippen molar-refractivity contribution in [2.75, 3.05) is 36.0 Å². The predicted octanol–water partition coefficient (Wildman–Crippen LogP) is 2.41. The van der Waals surface area contributed by atoms with Crippen LogP contribution in [0.2, 0.25) is 0 Å². The van der Waals surface area contributed by atoms with Gasteiger partial charge in [0, 0.05) is 63.0 Å². The number of amides is 2. The average molecular weight is 470 g/mol. The lowest BCUT2D eigenvalue weighted by molar-refractivity contribution is -0.117. The highest BCUT2D eigenvalue weighted by atomic mass is 19.3. The fraction of sp³-hybridized carbons (Fsp3) is 0.391. The summed E-state index contributed by atoms with van der Waals surface area (Å²) in [7, 11) is 1.57. The number of fused-ring (bicyclic) bond motifs is 2. The number of likely N-dealkylation sites (tertiary alicyclic amines) is 1. The number of carbonyl (C=O) groups is 2. The number of aromatic nitrogens is 3. The Bertz CT molecular complexity index is 1350. The lowest BCUT2D eigenvalue weighted by Gasteiger charge is -2.37. The molecule has 5 rings (SSSR count). The molecule has 0 bridgehead atoms. The van der Waals surface area contributed by atoms with Crippen LogP contribution in [-0.2, 0) is 11.8 Å². The number of benzene rings is 1. The number of anilines is 3. The van der Waals surface area contributed by atoms with E-state index in [-0.39, 0.29) is 50.0 Å². The Morgan fingerprint density at radius 3 is 2.53 bits per heavy atom. The van der Waals surface area contributed by atoms with E-state index in [9.17, 15) is 23.2 Å². The molecule has 0 saturated carbocycles. The standard InChI is InChI=1S/C23H24F2N6O3/c1-3-29-18-12-15(21(33)28-10-7-23(24,25)8-11-28)4-5-17(18)31(14-20(29)32)16-6-9-30-19(13-16)26-27(2)22(30)34/h4-6,9,12-13H,3,7-8,10-11,14H2,1-2H3. The zero-order chi connectivity index (χ0) is 24.2. The molecule has 1 saturated heterocycles. The fourth-order valence-electron chi connectivity index (χ4n) is 4.57. The van der Waals surface area contributed by atoms with Crippen molar-refractivity contribution in [2.45, 2.75) is 25.7 Å². The third-order valence-corrected chi connectivity index (χ3v) is 6.46. The number of hydrogen-bond donors (Lipinski definition) is 0. The molecule has 0 radical (unpaired) electrons. The molecule has 2 aromatic heterocycles. The minimum absolute atomic E-state index is 0.00504. The molecule has 2 amide bonds. The summed E-state index contributed by atoms with van der Waals surface area (Å²) in [6.45, 7) is 2.35. The van der Waals surface area contributed by atoms with Crippen molar-refractivity contribution in [1.29, 1.82) is 0 Å². The van der Waals surface area contributed by atoms with E-state index in [0.29, 0.717) is 29.1 Å². The van der Waals surface area contributed by atoms with Gasteiger partial charge in [0.2, 0.25) is 5.91 Å². The van der Waals surface area contributed by atoms with Crippen LogP contribution < -0.4 is 15.5 Å². The normalized spacial score (nSPS) is 17.9. The SMILES string of the molecule is CCN1C(=O)CN(c2ccn3c(=O)n(C)nc3c2)c2ccc(C(=O)N3CCC(F)(F)CC3)cc21. The number of carbonyl (C=O) groups excluding carboxylic acids is 2. The summed E-state index contributed by atoms with van der Waals surface area (Å²) in [5.41, 5.74) is 2.51. The second kappa shape index (κ2) is 7.93. The molecule has 0 unspecified atom stereocenters. The minimum Gasteiger partial charge on any atom is -0.338 e. The molecule has 2 aliphatic rings. The second-order valence-electron chi connectivity index (χ2n) is 8.60. The first kappa shape index (κ1) is 22.1. The van der Waals surface area contributed by atoms with Gasteiger partial charge in [-0.1, -0.05) is 0 Å². The number of pyridine rings is 1. The van der Waals surface area contributed by atoms with Crippen LogP contribution in [0.4, 0.5) is 25.8 Å². The molecule has 178 valence electrons. The number of alkyl halides is 2. The van der Waals surface area contributed by atoms with Gasteiger partial charge in [0.25, 0.3) is 11.8 Å². The van der Waals surface area contributed by atoms with E-state index >= 15 is 0 Å². The summed E-state index contributed by atoms with van der Waals surface area (Å²) in [6, 6.07) is 8.55. The smallest absolute Gasteiger partial charge is 0.338 e. The number of halogens is 2. The van der Waals surface area contributed by atoms with E-state index in [1.807, 2.05) is 11.8 Å². The number of likely N-dealkylation sites (N-methyl/N-ethyl adjacent to an activating group) is 1. The maximum atomic E-state index is 13.5. The second-order valence-corrected chi connectivity index (χ2v) is 8.60. The molecule has 1 fully saturated rings. The van der Waals surface area contributed by atoms with Crippen LogP contribution in [0, 0.1) is 0 Å². The molecule has 2 aliphatic heterocycles. The van der Waals surface area contributed by atoms with Crippen molar-refractivity contribution in [1.82, 2.24) is 19.1 Å². The van der Waals surface area contributed by atoms with Crippen LogP contribution in [0.25, 0.3) is 5.65 Å².